The monoisotopic (exact) mass is 936 g/mol. The summed E-state index contributed by atoms with van der Waals surface area (Å²) in [5.41, 5.74) is 0. The molecule has 0 spiro atoms. The molecule has 8 nitrogen and oxygen atoms in total. The lowest BCUT2D eigenvalue weighted by Gasteiger charge is -2.28. The molecule has 0 aliphatic heterocycles. The Morgan fingerprint density at radius 1 is 0.492 bits per heavy atom. The summed E-state index contributed by atoms with van der Waals surface area (Å²) >= 11 is 0. The van der Waals surface area contributed by atoms with Crippen molar-refractivity contribution in [3.63, 3.8) is 0 Å². The van der Waals surface area contributed by atoms with Crippen LogP contribution in [0.5, 0.6) is 0 Å². The van der Waals surface area contributed by atoms with Gasteiger partial charge in [0, 0.05) is 13.0 Å². The zero-order valence-electron chi connectivity index (χ0n) is 43.4. The summed E-state index contributed by atoms with van der Waals surface area (Å²) in [6.07, 6.45) is 61.4. The molecule has 382 valence electrons. The highest BCUT2D eigenvalue weighted by Crippen LogP contribution is 2.38. The van der Waals surface area contributed by atoms with Crippen molar-refractivity contribution in [3.05, 3.63) is 48.6 Å². The summed E-state index contributed by atoms with van der Waals surface area (Å²) in [5.74, 6) is -0.339. The Morgan fingerprint density at radius 2 is 0.892 bits per heavy atom. The van der Waals surface area contributed by atoms with Gasteiger partial charge in [-0.15, -0.1) is 0 Å². The van der Waals surface area contributed by atoms with Crippen molar-refractivity contribution in [1.29, 1.82) is 0 Å². The Morgan fingerprint density at radius 3 is 1.34 bits per heavy atom. The minimum Gasteiger partial charge on any atom is -0.756 e. The third-order valence-corrected chi connectivity index (χ3v) is 12.9. The zero-order chi connectivity index (χ0) is 47.6. The molecule has 0 aromatic carbocycles. The first-order chi connectivity index (χ1) is 31.6. The average molecular weight is 936 g/mol. The second-order valence-corrected chi connectivity index (χ2v) is 21.0. The highest BCUT2D eigenvalue weighted by molar-refractivity contribution is 7.45. The maximum Gasteiger partial charge on any atom is 0.306 e. The second kappa shape index (κ2) is 48.9. The lowest BCUT2D eigenvalue weighted by atomic mass is 10.0. The molecule has 0 bridgehead atoms. The van der Waals surface area contributed by atoms with Gasteiger partial charge in [-0.05, 0) is 51.4 Å². The van der Waals surface area contributed by atoms with E-state index in [4.69, 9.17) is 18.5 Å². The number of quaternary nitrogens is 1. The molecule has 2 unspecified atom stereocenters. The van der Waals surface area contributed by atoms with E-state index in [2.05, 4.69) is 62.5 Å². The van der Waals surface area contributed by atoms with E-state index in [1.165, 1.54) is 161 Å². The smallest absolute Gasteiger partial charge is 0.306 e. The van der Waals surface area contributed by atoms with E-state index in [9.17, 15) is 14.3 Å². The molecule has 0 aromatic heterocycles. The molecule has 0 saturated heterocycles. The van der Waals surface area contributed by atoms with Crippen LogP contribution in [-0.4, -0.2) is 70.7 Å². The fourth-order valence-corrected chi connectivity index (χ4v) is 8.45. The Balaban J connectivity index is 4.10. The number of esters is 1. The minimum atomic E-state index is -4.53. The number of phosphoric acid groups is 1. The summed E-state index contributed by atoms with van der Waals surface area (Å²) in [6, 6.07) is 0. The molecule has 0 aromatic rings. The van der Waals surface area contributed by atoms with Crippen molar-refractivity contribution in [3.8, 4) is 0 Å². The van der Waals surface area contributed by atoms with E-state index in [0.29, 0.717) is 24.1 Å². The van der Waals surface area contributed by atoms with Crippen molar-refractivity contribution in [2.45, 2.75) is 251 Å². The number of ether oxygens (including phenoxy) is 2. The van der Waals surface area contributed by atoms with E-state index in [1.807, 2.05) is 21.1 Å². The lowest BCUT2D eigenvalue weighted by Crippen LogP contribution is -2.37. The van der Waals surface area contributed by atoms with Crippen LogP contribution in [0.15, 0.2) is 48.6 Å². The average Bonchev–Trinajstić information content (AvgIpc) is 3.27. The predicted octanol–water partition coefficient (Wildman–Crippen LogP) is 16.4. The number of carbonyl (C=O) groups is 1. The van der Waals surface area contributed by atoms with Crippen molar-refractivity contribution in [1.82, 2.24) is 0 Å². The molecule has 0 heterocycles. The van der Waals surface area contributed by atoms with Crippen LogP contribution in [0.3, 0.4) is 0 Å². The Hall–Kier alpha value is -1.54. The summed E-state index contributed by atoms with van der Waals surface area (Å²) < 4.78 is 34.8. The zero-order valence-corrected chi connectivity index (χ0v) is 44.3. The van der Waals surface area contributed by atoms with Gasteiger partial charge < -0.3 is 27.9 Å². The quantitative estimate of drug-likeness (QED) is 0.0197. The van der Waals surface area contributed by atoms with Crippen LogP contribution >= 0.6 is 7.82 Å². The third kappa shape index (κ3) is 53.3. The number of hydrogen-bond donors (Lipinski definition) is 0. The molecule has 0 fully saturated rings. The number of nitrogens with zero attached hydrogens (tertiary/aromatic N) is 1. The highest BCUT2D eigenvalue weighted by atomic mass is 31.2. The summed E-state index contributed by atoms with van der Waals surface area (Å²) in [6.45, 7) is 5.33. The molecular formula is C56H106NO7P. The van der Waals surface area contributed by atoms with Gasteiger partial charge >= 0.3 is 5.97 Å². The van der Waals surface area contributed by atoms with Crippen molar-refractivity contribution < 1.29 is 37.3 Å². The number of phosphoric ester groups is 1. The Bertz CT molecular complexity index is 1180. The van der Waals surface area contributed by atoms with Crippen LogP contribution in [0.4, 0.5) is 0 Å². The van der Waals surface area contributed by atoms with Gasteiger partial charge in [-0.3, -0.25) is 9.36 Å². The van der Waals surface area contributed by atoms with Crippen molar-refractivity contribution in [2.24, 2.45) is 0 Å². The predicted molar refractivity (Wildman–Crippen MR) is 277 cm³/mol. The van der Waals surface area contributed by atoms with Gasteiger partial charge in [-0.1, -0.05) is 236 Å². The van der Waals surface area contributed by atoms with Crippen LogP contribution in [-0.2, 0) is 27.9 Å². The fourth-order valence-electron chi connectivity index (χ4n) is 7.72. The third-order valence-electron chi connectivity index (χ3n) is 11.9. The molecule has 0 saturated carbocycles. The molecule has 0 amide bonds. The van der Waals surface area contributed by atoms with Gasteiger partial charge in [0.2, 0.25) is 0 Å². The number of carbonyl (C=O) groups excluding carboxylic acids is 1. The second-order valence-electron chi connectivity index (χ2n) is 19.6. The molecule has 0 N–H and O–H groups in total. The normalized spacial score (nSPS) is 13.9. The van der Waals surface area contributed by atoms with E-state index >= 15 is 0 Å². The lowest BCUT2D eigenvalue weighted by molar-refractivity contribution is -0.870. The summed E-state index contributed by atoms with van der Waals surface area (Å²) in [7, 11) is 1.36. The number of rotatable bonds is 51. The maximum absolute atomic E-state index is 12.8. The van der Waals surface area contributed by atoms with Crippen LogP contribution < -0.4 is 4.89 Å². The number of hydrogen-bond acceptors (Lipinski definition) is 7. The van der Waals surface area contributed by atoms with Gasteiger partial charge in [0.15, 0.2) is 0 Å². The van der Waals surface area contributed by atoms with Gasteiger partial charge in [-0.2, -0.15) is 0 Å². The van der Waals surface area contributed by atoms with Crippen LogP contribution in [0.2, 0.25) is 0 Å². The van der Waals surface area contributed by atoms with Gasteiger partial charge in [0.1, 0.15) is 19.3 Å². The summed E-state index contributed by atoms with van der Waals surface area (Å²) in [4.78, 5) is 25.2. The largest absolute Gasteiger partial charge is 0.756 e. The summed E-state index contributed by atoms with van der Waals surface area (Å²) in [5, 5.41) is 0. The Kier molecular flexibility index (Phi) is 47.7. The highest BCUT2D eigenvalue weighted by Gasteiger charge is 2.20. The molecule has 65 heavy (non-hydrogen) atoms. The van der Waals surface area contributed by atoms with E-state index in [-0.39, 0.29) is 25.8 Å². The molecular weight excluding hydrogens is 830 g/mol. The molecule has 0 rings (SSSR count). The van der Waals surface area contributed by atoms with Crippen molar-refractivity contribution in [2.75, 3.05) is 54.1 Å². The van der Waals surface area contributed by atoms with Gasteiger partial charge in [0.25, 0.3) is 7.82 Å². The fraction of sp³-hybridized carbons (Fsp3) is 0.839. The molecule has 0 radical (unpaired) electrons. The topological polar surface area (TPSA) is 94.1 Å². The number of unbranched alkanes of at least 4 members (excludes halogenated alkanes) is 29. The molecule has 0 aliphatic rings. The van der Waals surface area contributed by atoms with E-state index < -0.39 is 13.9 Å². The minimum absolute atomic E-state index is 0.0246. The van der Waals surface area contributed by atoms with E-state index in [1.54, 1.807) is 0 Å². The standard InChI is InChI=1S/C56H106NO7P/c1-6-8-10-12-14-16-18-20-22-24-26-28-30-32-34-36-38-40-42-44-46-48-51-61-53-55(54-63-65(59,60)62-52-50-57(3,4)5)64-56(58)49-47-45-43-41-39-37-35-33-31-29-27-25-23-21-19-17-15-13-11-9-7-2/h9,11,15,17,21,23,27,29,55H,6-8,10,12-14,16,18-20,22,24-26,28,30-54H2,1-5H3/b11-9-,17-15-,23-21-,29-27-. The van der Waals surface area contributed by atoms with Gasteiger partial charge in [0.05, 0.1) is 34.4 Å². The number of allylic oxidation sites excluding steroid dienone is 8. The van der Waals surface area contributed by atoms with Crippen LogP contribution in [0.25, 0.3) is 0 Å². The molecule has 0 aliphatic carbocycles. The van der Waals surface area contributed by atoms with Crippen molar-refractivity contribution >= 4 is 13.8 Å². The first-order valence-corrected chi connectivity index (χ1v) is 28.8. The van der Waals surface area contributed by atoms with Crippen LogP contribution in [0.1, 0.15) is 245 Å². The van der Waals surface area contributed by atoms with Crippen LogP contribution in [0, 0.1) is 0 Å². The van der Waals surface area contributed by atoms with Gasteiger partial charge in [-0.25, -0.2) is 0 Å². The SMILES string of the molecule is CC/C=C\C/C=C\C/C=C\C/C=C\CCCCCCCCCCC(=O)OC(COCCCCCCCCCCCCCCCCCCCCCCCC)COP(=O)([O-])OCC[N+](C)(C)C. The molecule has 9 heteroatoms. The molecule has 2 atom stereocenters. The number of likely N-dealkylation sites (N-methyl/N-ethyl adjacent to an activating group) is 1. The first-order valence-electron chi connectivity index (χ1n) is 27.4. The Labute approximate surface area is 403 Å². The first kappa shape index (κ1) is 63.5. The maximum atomic E-state index is 12.8. The van der Waals surface area contributed by atoms with E-state index in [0.717, 1.165) is 64.2 Å².